The average Bonchev–Trinajstić information content (AvgIpc) is 2.48. The Bertz CT molecular complexity index is 502. The van der Waals surface area contributed by atoms with E-state index in [1.165, 1.54) is 11.8 Å². The van der Waals surface area contributed by atoms with Crippen molar-refractivity contribution in [1.82, 2.24) is 15.1 Å². The zero-order chi connectivity index (χ0) is 9.42. The first kappa shape index (κ1) is 8.31. The van der Waals surface area contributed by atoms with Crippen molar-refractivity contribution in [1.29, 1.82) is 0 Å². The monoisotopic (exact) mass is 197 g/mol. The van der Waals surface area contributed by atoms with Gasteiger partial charge in [0, 0.05) is 0 Å². The zero-order valence-electron chi connectivity index (χ0n) is 7.12. The summed E-state index contributed by atoms with van der Waals surface area (Å²) in [6.45, 7) is 1.71. The number of H-pyrrole nitrogens is 1. The van der Waals surface area contributed by atoms with Gasteiger partial charge < -0.3 is 9.51 Å². The summed E-state index contributed by atoms with van der Waals surface area (Å²) in [6, 6.07) is 0. The first-order valence-electron chi connectivity index (χ1n) is 3.62. The lowest BCUT2D eigenvalue weighted by Gasteiger charge is -1.92. The van der Waals surface area contributed by atoms with Crippen LogP contribution in [0.4, 0.5) is 0 Å². The molecule has 0 aliphatic carbocycles. The molecular formula is C7H7N3O2S. The molecule has 0 aromatic carbocycles. The van der Waals surface area contributed by atoms with Crippen LogP contribution in [0.15, 0.2) is 14.5 Å². The SMILES string of the molecule is CSc1nc2onc(C)c2c(=O)[nH]1. The molecule has 0 aliphatic heterocycles. The van der Waals surface area contributed by atoms with Crippen molar-refractivity contribution < 1.29 is 4.52 Å². The second kappa shape index (κ2) is 2.88. The predicted molar refractivity (Wildman–Crippen MR) is 48.9 cm³/mol. The number of hydrogen-bond acceptors (Lipinski definition) is 5. The maximum atomic E-state index is 11.4. The van der Waals surface area contributed by atoms with Crippen LogP contribution < -0.4 is 5.56 Å². The van der Waals surface area contributed by atoms with Crippen LogP contribution in [0.1, 0.15) is 5.69 Å². The smallest absolute Gasteiger partial charge is 0.265 e. The van der Waals surface area contributed by atoms with E-state index in [0.717, 1.165) is 0 Å². The average molecular weight is 197 g/mol. The van der Waals surface area contributed by atoms with Gasteiger partial charge in [0.15, 0.2) is 5.16 Å². The molecule has 2 aromatic rings. The summed E-state index contributed by atoms with van der Waals surface area (Å²) in [6.07, 6.45) is 1.83. The number of thioether (sulfide) groups is 1. The molecule has 0 spiro atoms. The molecule has 2 rings (SSSR count). The van der Waals surface area contributed by atoms with Gasteiger partial charge in [0.05, 0.1) is 5.69 Å². The summed E-state index contributed by atoms with van der Waals surface area (Å²) in [5, 5.41) is 4.63. The Balaban J connectivity index is 2.87. The van der Waals surface area contributed by atoms with Crippen molar-refractivity contribution in [2.75, 3.05) is 6.26 Å². The van der Waals surface area contributed by atoms with E-state index in [9.17, 15) is 4.79 Å². The summed E-state index contributed by atoms with van der Waals surface area (Å²) < 4.78 is 4.88. The Morgan fingerprint density at radius 2 is 2.31 bits per heavy atom. The van der Waals surface area contributed by atoms with Crippen LogP contribution in [-0.2, 0) is 0 Å². The third-order valence-corrected chi connectivity index (χ3v) is 2.27. The quantitative estimate of drug-likeness (QED) is 0.544. The molecule has 68 valence electrons. The van der Waals surface area contributed by atoms with Gasteiger partial charge >= 0.3 is 0 Å². The second-order valence-electron chi connectivity index (χ2n) is 2.52. The molecule has 0 unspecified atom stereocenters. The lowest BCUT2D eigenvalue weighted by atomic mass is 10.3. The number of rotatable bonds is 1. The fourth-order valence-electron chi connectivity index (χ4n) is 1.07. The molecule has 2 heterocycles. The minimum absolute atomic E-state index is 0.201. The fraction of sp³-hybridized carbons (Fsp3) is 0.286. The summed E-state index contributed by atoms with van der Waals surface area (Å²) >= 11 is 1.35. The van der Waals surface area contributed by atoms with E-state index in [2.05, 4.69) is 15.1 Å². The largest absolute Gasteiger partial charge is 0.335 e. The van der Waals surface area contributed by atoms with Crippen LogP contribution in [-0.4, -0.2) is 21.4 Å². The normalized spacial score (nSPS) is 10.9. The molecule has 5 nitrogen and oxygen atoms in total. The van der Waals surface area contributed by atoms with E-state index in [-0.39, 0.29) is 5.56 Å². The maximum absolute atomic E-state index is 11.4. The Morgan fingerprint density at radius 3 is 3.00 bits per heavy atom. The van der Waals surface area contributed by atoms with Gasteiger partial charge in [-0.05, 0) is 13.2 Å². The second-order valence-corrected chi connectivity index (χ2v) is 3.32. The standard InChI is InChI=1S/C7H7N3O2S/c1-3-4-5(11)8-7(13-2)9-6(4)12-10-3/h1-2H3,(H,8,9,11). The molecule has 0 bridgehead atoms. The number of aromatic amines is 1. The first-order chi connectivity index (χ1) is 6.22. The Kier molecular flexibility index (Phi) is 1.84. The lowest BCUT2D eigenvalue weighted by Crippen LogP contribution is -2.08. The highest BCUT2D eigenvalue weighted by molar-refractivity contribution is 7.98. The van der Waals surface area contributed by atoms with Crippen LogP contribution in [0.3, 0.4) is 0 Å². The van der Waals surface area contributed by atoms with Crippen LogP contribution in [0.25, 0.3) is 11.1 Å². The third-order valence-electron chi connectivity index (χ3n) is 1.69. The van der Waals surface area contributed by atoms with Crippen LogP contribution in [0.2, 0.25) is 0 Å². The molecule has 0 saturated heterocycles. The van der Waals surface area contributed by atoms with E-state index in [4.69, 9.17) is 4.52 Å². The molecule has 6 heteroatoms. The molecular weight excluding hydrogens is 190 g/mol. The zero-order valence-corrected chi connectivity index (χ0v) is 7.94. The van der Waals surface area contributed by atoms with Gasteiger partial charge in [-0.3, -0.25) is 4.79 Å². The number of hydrogen-bond donors (Lipinski definition) is 1. The van der Waals surface area contributed by atoms with Gasteiger partial charge in [0.25, 0.3) is 11.3 Å². The minimum Gasteiger partial charge on any atom is -0.335 e. The van der Waals surface area contributed by atoms with Crippen molar-refractivity contribution >= 4 is 22.9 Å². The van der Waals surface area contributed by atoms with Crippen LogP contribution in [0.5, 0.6) is 0 Å². The highest BCUT2D eigenvalue weighted by Gasteiger charge is 2.10. The van der Waals surface area contributed by atoms with Crippen LogP contribution in [0, 0.1) is 6.92 Å². The number of nitrogens with zero attached hydrogens (tertiary/aromatic N) is 2. The Hall–Kier alpha value is -1.30. The Labute approximate surface area is 77.5 Å². The Morgan fingerprint density at radius 1 is 1.54 bits per heavy atom. The van der Waals surface area contributed by atoms with Crippen molar-refractivity contribution in [2.24, 2.45) is 0 Å². The number of fused-ring (bicyclic) bond motifs is 1. The summed E-state index contributed by atoms with van der Waals surface area (Å²) in [5.74, 6) is 0. The van der Waals surface area contributed by atoms with E-state index in [1.807, 2.05) is 6.26 Å². The number of aromatic nitrogens is 3. The molecule has 0 fully saturated rings. The van der Waals surface area contributed by atoms with Gasteiger partial charge in [0.2, 0.25) is 0 Å². The fourth-order valence-corrected chi connectivity index (χ4v) is 1.44. The van der Waals surface area contributed by atoms with Gasteiger partial charge in [-0.15, -0.1) is 0 Å². The van der Waals surface area contributed by atoms with E-state index < -0.39 is 0 Å². The molecule has 0 aliphatic rings. The van der Waals surface area contributed by atoms with Crippen molar-refractivity contribution in [3.63, 3.8) is 0 Å². The molecule has 0 atom stereocenters. The van der Waals surface area contributed by atoms with Gasteiger partial charge in [-0.1, -0.05) is 16.9 Å². The van der Waals surface area contributed by atoms with Crippen molar-refractivity contribution in [3.8, 4) is 0 Å². The molecule has 0 amide bonds. The van der Waals surface area contributed by atoms with Gasteiger partial charge in [-0.25, -0.2) is 0 Å². The molecule has 0 saturated carbocycles. The number of aryl methyl sites for hydroxylation is 1. The minimum atomic E-state index is -0.201. The van der Waals surface area contributed by atoms with E-state index >= 15 is 0 Å². The lowest BCUT2D eigenvalue weighted by molar-refractivity contribution is 0.440. The highest BCUT2D eigenvalue weighted by Crippen LogP contribution is 2.13. The topological polar surface area (TPSA) is 71.8 Å². The van der Waals surface area contributed by atoms with Gasteiger partial charge in [-0.2, -0.15) is 4.98 Å². The summed E-state index contributed by atoms with van der Waals surface area (Å²) in [5.41, 5.74) is 0.662. The third kappa shape index (κ3) is 1.23. The van der Waals surface area contributed by atoms with Crippen molar-refractivity contribution in [2.45, 2.75) is 12.1 Å². The van der Waals surface area contributed by atoms with Crippen LogP contribution >= 0.6 is 11.8 Å². The molecule has 13 heavy (non-hydrogen) atoms. The molecule has 2 aromatic heterocycles. The van der Waals surface area contributed by atoms with E-state index in [0.29, 0.717) is 22.0 Å². The summed E-state index contributed by atoms with van der Waals surface area (Å²) in [4.78, 5) is 18.1. The molecule has 1 N–H and O–H groups in total. The molecule has 0 radical (unpaired) electrons. The number of nitrogens with one attached hydrogen (secondary N) is 1. The predicted octanol–water partition coefficient (Wildman–Crippen LogP) is 0.941. The highest BCUT2D eigenvalue weighted by atomic mass is 32.2. The maximum Gasteiger partial charge on any atom is 0.265 e. The summed E-state index contributed by atoms with van der Waals surface area (Å²) in [7, 11) is 0. The first-order valence-corrected chi connectivity index (χ1v) is 4.85. The van der Waals surface area contributed by atoms with Crippen molar-refractivity contribution in [3.05, 3.63) is 16.0 Å². The van der Waals surface area contributed by atoms with E-state index in [1.54, 1.807) is 6.92 Å². The van der Waals surface area contributed by atoms with Gasteiger partial charge in [0.1, 0.15) is 5.39 Å².